The minimum absolute atomic E-state index is 0.0474. The van der Waals surface area contributed by atoms with Crippen molar-refractivity contribution < 1.29 is 29.3 Å². The van der Waals surface area contributed by atoms with Crippen LogP contribution in [0.2, 0.25) is 0 Å². The van der Waals surface area contributed by atoms with Crippen LogP contribution in [0.1, 0.15) is 36.3 Å². The maximum absolute atomic E-state index is 13.1. The summed E-state index contributed by atoms with van der Waals surface area (Å²) in [6, 6.07) is 15.4. The Hall–Kier alpha value is -3.04. The number of hydrogen-bond donors (Lipinski definition) is 3. The average Bonchev–Trinajstić information content (AvgIpc) is 3.19. The quantitative estimate of drug-likeness (QED) is 0.512. The third-order valence-corrected chi connectivity index (χ3v) is 7.49. The van der Waals surface area contributed by atoms with Crippen LogP contribution in [0.15, 0.2) is 48.5 Å². The molecule has 2 aromatic rings. The molecule has 1 saturated heterocycles. The molecule has 2 amide bonds. The summed E-state index contributed by atoms with van der Waals surface area (Å²) in [7, 11) is 0. The Kier molecular flexibility index (Phi) is 7.66. The molecule has 0 unspecified atom stereocenters. The Bertz CT molecular complexity index is 1050. The van der Waals surface area contributed by atoms with Gasteiger partial charge in [-0.15, -0.1) is 0 Å². The van der Waals surface area contributed by atoms with Crippen LogP contribution in [-0.2, 0) is 14.3 Å². The fourth-order valence-electron chi connectivity index (χ4n) is 4.81. The third kappa shape index (κ3) is 5.31. The number of benzene rings is 2. The van der Waals surface area contributed by atoms with Crippen molar-refractivity contribution in [1.29, 1.82) is 0 Å². The SMILES string of the molecule is CSCC[C@@H](NC(=O)OCC1c2ccccc2-c2ccccc21)C(=O)N1CCC(O)(C(=O)O)CC1. The van der Waals surface area contributed by atoms with Gasteiger partial charge in [0.2, 0.25) is 5.91 Å². The van der Waals surface area contributed by atoms with E-state index < -0.39 is 23.7 Å². The van der Waals surface area contributed by atoms with E-state index in [-0.39, 0.29) is 44.4 Å². The number of likely N-dealkylation sites (tertiary alicyclic amines) is 1. The van der Waals surface area contributed by atoms with E-state index in [2.05, 4.69) is 17.4 Å². The number of hydrogen-bond acceptors (Lipinski definition) is 6. The minimum atomic E-state index is -1.81. The first kappa shape index (κ1) is 25.1. The number of carboxylic acid groups (broad SMARTS) is 1. The van der Waals surface area contributed by atoms with Gasteiger partial charge in [0.05, 0.1) is 0 Å². The molecule has 1 aliphatic carbocycles. The number of aliphatic hydroxyl groups is 1. The molecule has 2 aromatic carbocycles. The Balaban J connectivity index is 1.39. The highest BCUT2D eigenvalue weighted by Crippen LogP contribution is 2.44. The summed E-state index contributed by atoms with van der Waals surface area (Å²) in [5.74, 6) is -0.989. The molecule has 0 aromatic heterocycles. The van der Waals surface area contributed by atoms with Crippen molar-refractivity contribution in [2.75, 3.05) is 31.7 Å². The van der Waals surface area contributed by atoms with Crippen LogP contribution in [0.5, 0.6) is 0 Å². The Morgan fingerprint density at radius 3 is 2.20 bits per heavy atom. The average molecular weight is 499 g/mol. The zero-order valence-corrected chi connectivity index (χ0v) is 20.4. The summed E-state index contributed by atoms with van der Waals surface area (Å²) in [6.07, 6.45) is 1.58. The van der Waals surface area contributed by atoms with Crippen LogP contribution < -0.4 is 5.32 Å². The van der Waals surface area contributed by atoms with Gasteiger partial charge in [0, 0.05) is 31.8 Å². The molecule has 35 heavy (non-hydrogen) atoms. The molecule has 0 spiro atoms. The number of carboxylic acids is 1. The summed E-state index contributed by atoms with van der Waals surface area (Å²) < 4.78 is 5.61. The van der Waals surface area contributed by atoms with Gasteiger partial charge < -0.3 is 25.2 Å². The number of thioether (sulfide) groups is 1. The van der Waals surface area contributed by atoms with E-state index in [9.17, 15) is 24.6 Å². The van der Waals surface area contributed by atoms with E-state index in [1.165, 1.54) is 4.90 Å². The second-order valence-corrected chi connectivity index (χ2v) is 9.95. The maximum Gasteiger partial charge on any atom is 0.407 e. The van der Waals surface area contributed by atoms with Gasteiger partial charge in [0.25, 0.3) is 0 Å². The number of carbonyl (C=O) groups is 3. The van der Waals surface area contributed by atoms with Crippen LogP contribution in [-0.4, -0.2) is 76.4 Å². The lowest BCUT2D eigenvalue weighted by Crippen LogP contribution is -2.55. The van der Waals surface area contributed by atoms with Crippen LogP contribution >= 0.6 is 11.8 Å². The van der Waals surface area contributed by atoms with E-state index in [1.54, 1.807) is 11.8 Å². The van der Waals surface area contributed by atoms with Crippen molar-refractivity contribution in [2.24, 2.45) is 0 Å². The summed E-state index contributed by atoms with van der Waals surface area (Å²) >= 11 is 1.56. The maximum atomic E-state index is 13.1. The Morgan fingerprint density at radius 2 is 1.66 bits per heavy atom. The number of fused-ring (bicyclic) bond motifs is 3. The second kappa shape index (κ2) is 10.7. The number of alkyl carbamates (subject to hydrolysis) is 1. The molecular weight excluding hydrogens is 468 g/mol. The summed E-state index contributed by atoms with van der Waals surface area (Å²) in [5, 5.41) is 22.1. The molecule has 8 nitrogen and oxygen atoms in total. The zero-order valence-electron chi connectivity index (χ0n) is 19.6. The first-order chi connectivity index (χ1) is 16.8. The fourth-order valence-corrected chi connectivity index (χ4v) is 5.28. The van der Waals surface area contributed by atoms with Crippen molar-refractivity contribution in [2.45, 2.75) is 36.8 Å². The predicted molar refractivity (Wildman–Crippen MR) is 133 cm³/mol. The van der Waals surface area contributed by atoms with Gasteiger partial charge in [-0.3, -0.25) is 4.79 Å². The monoisotopic (exact) mass is 498 g/mol. The molecule has 2 aliphatic rings. The number of nitrogens with one attached hydrogen (secondary N) is 1. The van der Waals surface area contributed by atoms with Gasteiger partial charge in [-0.25, -0.2) is 9.59 Å². The number of ether oxygens (including phenoxy) is 1. The molecule has 1 atom stereocenters. The van der Waals surface area contributed by atoms with Gasteiger partial charge in [-0.1, -0.05) is 48.5 Å². The lowest BCUT2D eigenvalue weighted by atomic mass is 9.91. The number of aliphatic carboxylic acids is 1. The number of amides is 2. The molecule has 1 heterocycles. The van der Waals surface area contributed by atoms with E-state index in [0.717, 1.165) is 22.3 Å². The smallest absolute Gasteiger partial charge is 0.407 e. The first-order valence-corrected chi connectivity index (χ1v) is 13.1. The molecule has 1 fully saturated rings. The van der Waals surface area contributed by atoms with Crippen molar-refractivity contribution in [3.05, 3.63) is 59.7 Å². The zero-order chi connectivity index (χ0) is 25.0. The number of rotatable bonds is 8. The van der Waals surface area contributed by atoms with Gasteiger partial charge in [-0.05, 0) is 40.7 Å². The largest absolute Gasteiger partial charge is 0.479 e. The van der Waals surface area contributed by atoms with Gasteiger partial charge in [0.15, 0.2) is 5.60 Å². The molecule has 1 aliphatic heterocycles. The van der Waals surface area contributed by atoms with Gasteiger partial charge in [0.1, 0.15) is 12.6 Å². The van der Waals surface area contributed by atoms with Crippen molar-refractivity contribution in [3.8, 4) is 11.1 Å². The molecular formula is C26H30N2O6S. The molecule has 0 radical (unpaired) electrons. The van der Waals surface area contributed by atoms with E-state index in [1.807, 2.05) is 42.7 Å². The van der Waals surface area contributed by atoms with Crippen molar-refractivity contribution in [1.82, 2.24) is 10.2 Å². The second-order valence-electron chi connectivity index (χ2n) is 8.97. The van der Waals surface area contributed by atoms with E-state index in [0.29, 0.717) is 12.2 Å². The lowest BCUT2D eigenvalue weighted by Gasteiger charge is -2.37. The van der Waals surface area contributed by atoms with E-state index >= 15 is 0 Å². The molecule has 9 heteroatoms. The van der Waals surface area contributed by atoms with Crippen LogP contribution in [0.4, 0.5) is 4.79 Å². The molecule has 186 valence electrons. The predicted octanol–water partition coefficient (Wildman–Crippen LogP) is 3.08. The molecule has 0 saturated carbocycles. The standard InChI is InChI=1S/C26H30N2O6S/c1-35-15-10-22(23(29)28-13-11-26(33,12-14-28)24(30)31)27-25(32)34-16-21-19-8-4-2-6-17(19)18-7-3-5-9-20(18)21/h2-9,21-22,33H,10-16H2,1H3,(H,27,32)(H,30,31)/t22-/m1/s1. The van der Waals surface area contributed by atoms with Crippen molar-refractivity contribution >= 4 is 29.7 Å². The molecule has 3 N–H and O–H groups in total. The number of nitrogens with zero attached hydrogens (tertiary/aromatic N) is 1. The molecule has 4 rings (SSSR count). The Labute approximate surface area is 208 Å². The highest BCUT2D eigenvalue weighted by atomic mass is 32.2. The van der Waals surface area contributed by atoms with E-state index in [4.69, 9.17) is 4.74 Å². The van der Waals surface area contributed by atoms with Crippen molar-refractivity contribution in [3.63, 3.8) is 0 Å². The van der Waals surface area contributed by atoms with Crippen LogP contribution in [0.3, 0.4) is 0 Å². The van der Waals surface area contributed by atoms with Gasteiger partial charge in [-0.2, -0.15) is 11.8 Å². The fraction of sp³-hybridized carbons (Fsp3) is 0.423. The summed E-state index contributed by atoms with van der Waals surface area (Å²) in [4.78, 5) is 38.7. The third-order valence-electron chi connectivity index (χ3n) is 6.84. The number of piperidine rings is 1. The summed E-state index contributed by atoms with van der Waals surface area (Å²) in [6.45, 7) is 0.381. The van der Waals surface area contributed by atoms with Gasteiger partial charge >= 0.3 is 12.1 Å². The lowest BCUT2D eigenvalue weighted by molar-refractivity contribution is -0.165. The molecule has 0 bridgehead atoms. The Morgan fingerprint density at radius 1 is 1.09 bits per heavy atom. The highest BCUT2D eigenvalue weighted by Gasteiger charge is 2.41. The van der Waals surface area contributed by atoms with Crippen LogP contribution in [0, 0.1) is 0 Å². The van der Waals surface area contributed by atoms with Crippen LogP contribution in [0.25, 0.3) is 11.1 Å². The normalized spacial score (nSPS) is 17.3. The summed E-state index contributed by atoms with van der Waals surface area (Å²) in [5.41, 5.74) is 2.67. The number of carbonyl (C=O) groups excluding carboxylic acids is 2. The minimum Gasteiger partial charge on any atom is -0.479 e. The first-order valence-electron chi connectivity index (χ1n) is 11.7. The highest BCUT2D eigenvalue weighted by molar-refractivity contribution is 7.98. The topological polar surface area (TPSA) is 116 Å².